The molecule has 3 aliphatic heterocycles. The Kier molecular flexibility index (Phi) is 8.91. The molecule has 56 heavy (non-hydrogen) atoms. The Hall–Kier alpha value is -6.63. The lowest BCUT2D eigenvalue weighted by Gasteiger charge is -2.44. The summed E-state index contributed by atoms with van der Waals surface area (Å²) in [6.45, 7) is 2.99. The highest BCUT2D eigenvalue weighted by atomic mass is 19.1. The molecule has 0 aliphatic carbocycles. The van der Waals surface area contributed by atoms with Crippen LogP contribution in [-0.2, 0) is 0 Å². The van der Waals surface area contributed by atoms with Crippen molar-refractivity contribution < 1.29 is 22.3 Å². The minimum atomic E-state index is -0.779. The van der Waals surface area contributed by atoms with E-state index in [1.54, 1.807) is 36.3 Å². The van der Waals surface area contributed by atoms with Crippen LogP contribution >= 0.6 is 0 Å². The lowest BCUT2D eigenvalue weighted by Crippen LogP contribution is -2.55. The molecule has 3 aliphatic rings. The molecule has 0 bridgehead atoms. The third-order valence-electron chi connectivity index (χ3n) is 10.4. The van der Waals surface area contributed by atoms with Crippen LogP contribution in [0.5, 0.6) is 5.75 Å². The summed E-state index contributed by atoms with van der Waals surface area (Å²) in [6, 6.07) is 34.2. The first-order valence-electron chi connectivity index (χ1n) is 18.1. The third kappa shape index (κ3) is 6.18. The number of nitrogens with two attached hydrogens (primary N) is 1. The monoisotopic (exact) mass is 752 g/mol. The van der Waals surface area contributed by atoms with E-state index < -0.39 is 28.9 Å². The van der Waals surface area contributed by atoms with Crippen molar-refractivity contribution in [3.63, 3.8) is 0 Å². The van der Waals surface area contributed by atoms with Gasteiger partial charge in [0.1, 0.15) is 58.2 Å². The molecule has 3 N–H and O–H groups in total. The van der Waals surface area contributed by atoms with Crippen molar-refractivity contribution in [2.75, 3.05) is 13.1 Å². The van der Waals surface area contributed by atoms with Crippen LogP contribution in [0.2, 0.25) is 0 Å². The van der Waals surface area contributed by atoms with E-state index in [2.05, 4.69) is 39.6 Å². The van der Waals surface area contributed by atoms with E-state index in [4.69, 9.17) is 15.0 Å². The highest BCUT2D eigenvalue weighted by Crippen LogP contribution is 2.42. The first kappa shape index (κ1) is 35.1. The summed E-state index contributed by atoms with van der Waals surface area (Å²) in [7, 11) is 0. The Balaban J connectivity index is 0.995. The maximum atomic E-state index is 16.0. The number of rotatable bonds is 9. The molecule has 0 radical (unpaired) electrons. The molecule has 1 fully saturated rings. The molecule has 0 amide bonds. The van der Waals surface area contributed by atoms with Crippen LogP contribution in [0, 0.1) is 17.5 Å². The smallest absolute Gasteiger partial charge is 0.203 e. The van der Waals surface area contributed by atoms with Crippen LogP contribution in [0.25, 0.3) is 27.8 Å². The average Bonchev–Trinajstić information content (AvgIpc) is 3.59. The van der Waals surface area contributed by atoms with Crippen molar-refractivity contribution in [2.45, 2.75) is 25.1 Å². The average molecular weight is 753 g/mol. The Morgan fingerprint density at radius 3 is 2.25 bits per heavy atom. The Bertz CT molecular complexity index is 2590. The van der Waals surface area contributed by atoms with Gasteiger partial charge in [0, 0.05) is 18.7 Å². The molecule has 9 nitrogen and oxygen atoms in total. The molecule has 12 heteroatoms. The molecular formula is C44H35F3N6O3. The third-order valence-corrected chi connectivity index (χ3v) is 10.4. The zero-order chi connectivity index (χ0) is 38.5. The van der Waals surface area contributed by atoms with Gasteiger partial charge in [-0.1, -0.05) is 78.9 Å². The van der Waals surface area contributed by atoms with Gasteiger partial charge in [0.25, 0.3) is 0 Å². The summed E-state index contributed by atoms with van der Waals surface area (Å²) in [5.41, 5.74) is 7.15. The SMILES string of the molecule is CC(c1oc2cccc(F)c2c(=O)c1-c1cccc(F)c1)N1NC(c2ccc(OC3CN(C(c4ccccc4)c4ccccc4)C3)c(F)c2)=C2C1=CN=CN2N. The van der Waals surface area contributed by atoms with Crippen molar-refractivity contribution in [2.24, 2.45) is 10.8 Å². The first-order chi connectivity index (χ1) is 27.2. The van der Waals surface area contributed by atoms with Gasteiger partial charge in [-0.2, -0.15) is 0 Å². The minimum absolute atomic E-state index is 0.00289. The molecule has 5 aromatic carbocycles. The van der Waals surface area contributed by atoms with Gasteiger partial charge in [-0.25, -0.2) is 24.0 Å². The Morgan fingerprint density at radius 2 is 1.55 bits per heavy atom. The van der Waals surface area contributed by atoms with Gasteiger partial charge in [0.05, 0.1) is 23.5 Å². The number of aliphatic imine (C=N–C) groups is 1. The van der Waals surface area contributed by atoms with Crippen molar-refractivity contribution >= 4 is 23.0 Å². The van der Waals surface area contributed by atoms with Gasteiger partial charge >= 0.3 is 0 Å². The number of fused-ring (bicyclic) bond motifs is 2. The number of benzene rings is 5. The van der Waals surface area contributed by atoms with E-state index in [9.17, 15) is 9.18 Å². The van der Waals surface area contributed by atoms with Crippen LogP contribution in [-0.4, -0.2) is 40.4 Å². The number of hydrogen-bond acceptors (Lipinski definition) is 9. The standard InChI is InChI=1S/C44H35F3N6O3/c1-26(44-38(29-14-8-15-31(45)20-29)43(54)39-33(46)16-9-17-37(39)56-44)53-35-22-49-25-52(48)42(35)40(50-53)30-18-19-36(34(47)21-30)55-32-23-51(24-32)41(27-10-4-2-5-11-27)28-12-6-3-7-13-28/h2-22,25-26,32,41,50H,23-24,48H2,1H3. The normalized spacial score (nSPS) is 16.2. The molecule has 0 spiro atoms. The first-order valence-corrected chi connectivity index (χ1v) is 18.1. The fraction of sp³-hybridized carbons (Fsp3) is 0.136. The number of ether oxygens (including phenoxy) is 1. The predicted molar refractivity (Wildman–Crippen MR) is 208 cm³/mol. The largest absolute Gasteiger partial charge is 0.485 e. The van der Waals surface area contributed by atoms with Gasteiger partial charge < -0.3 is 9.15 Å². The predicted octanol–water partition coefficient (Wildman–Crippen LogP) is 8.04. The quantitative estimate of drug-likeness (QED) is 0.143. The zero-order valence-electron chi connectivity index (χ0n) is 30.1. The maximum Gasteiger partial charge on any atom is 0.203 e. The number of hydrogen-bond donors (Lipinski definition) is 2. The number of hydrazine groups is 2. The van der Waals surface area contributed by atoms with E-state index in [0.29, 0.717) is 35.7 Å². The van der Waals surface area contributed by atoms with E-state index in [1.165, 1.54) is 64.9 Å². The van der Waals surface area contributed by atoms with Crippen molar-refractivity contribution in [3.05, 3.63) is 189 Å². The summed E-state index contributed by atoms with van der Waals surface area (Å²) in [4.78, 5) is 20.6. The second-order valence-corrected chi connectivity index (χ2v) is 13.9. The summed E-state index contributed by atoms with van der Waals surface area (Å²) in [5, 5.41) is 2.74. The lowest BCUT2D eigenvalue weighted by atomic mass is 9.94. The molecule has 280 valence electrons. The fourth-order valence-electron chi connectivity index (χ4n) is 7.72. The van der Waals surface area contributed by atoms with E-state index >= 15 is 8.78 Å². The van der Waals surface area contributed by atoms with E-state index in [-0.39, 0.29) is 45.8 Å². The van der Waals surface area contributed by atoms with Crippen molar-refractivity contribution in [3.8, 4) is 16.9 Å². The molecule has 1 unspecified atom stereocenters. The number of halogens is 3. The van der Waals surface area contributed by atoms with Gasteiger partial charge in [-0.05, 0) is 66.1 Å². The van der Waals surface area contributed by atoms with Gasteiger partial charge in [0.15, 0.2) is 11.6 Å². The van der Waals surface area contributed by atoms with Crippen LogP contribution in [0.1, 0.15) is 41.5 Å². The second-order valence-electron chi connectivity index (χ2n) is 13.9. The van der Waals surface area contributed by atoms with E-state index in [1.807, 2.05) is 36.4 Å². The lowest BCUT2D eigenvalue weighted by molar-refractivity contribution is -0.00168. The summed E-state index contributed by atoms with van der Waals surface area (Å²) in [6.07, 6.45) is 2.78. The van der Waals surface area contributed by atoms with Gasteiger partial charge in [-0.3, -0.25) is 25.1 Å². The Labute approximate surface area is 320 Å². The summed E-state index contributed by atoms with van der Waals surface area (Å²) in [5.74, 6) is 4.80. The zero-order valence-corrected chi connectivity index (χ0v) is 30.1. The minimum Gasteiger partial charge on any atom is -0.485 e. The maximum absolute atomic E-state index is 16.0. The van der Waals surface area contributed by atoms with Crippen LogP contribution < -0.4 is 21.4 Å². The van der Waals surface area contributed by atoms with Gasteiger partial charge in [0.2, 0.25) is 5.43 Å². The Morgan fingerprint density at radius 1 is 0.839 bits per heavy atom. The summed E-state index contributed by atoms with van der Waals surface area (Å²) < 4.78 is 58.0. The number of likely N-dealkylation sites (tertiary alicyclic amines) is 1. The van der Waals surface area contributed by atoms with Crippen LogP contribution in [0.4, 0.5) is 13.2 Å². The van der Waals surface area contributed by atoms with Crippen molar-refractivity contribution in [1.29, 1.82) is 0 Å². The molecule has 4 heterocycles. The van der Waals surface area contributed by atoms with Crippen LogP contribution in [0.15, 0.2) is 153 Å². The molecular weight excluding hydrogens is 718 g/mol. The second kappa shape index (κ2) is 14.2. The topological polar surface area (TPSA) is 99.6 Å². The molecule has 1 atom stereocenters. The highest BCUT2D eigenvalue weighted by Gasteiger charge is 2.39. The summed E-state index contributed by atoms with van der Waals surface area (Å²) >= 11 is 0. The highest BCUT2D eigenvalue weighted by molar-refractivity contribution is 5.84. The van der Waals surface area contributed by atoms with E-state index in [0.717, 1.165) is 0 Å². The molecule has 0 saturated carbocycles. The fourth-order valence-corrected chi connectivity index (χ4v) is 7.72. The number of nitrogens with zero attached hydrogens (tertiary/aromatic N) is 4. The number of nitrogens with one attached hydrogen (secondary N) is 1. The van der Waals surface area contributed by atoms with Gasteiger partial charge in [-0.15, -0.1) is 0 Å². The molecule has 6 aromatic rings. The van der Waals surface area contributed by atoms with Crippen molar-refractivity contribution in [1.82, 2.24) is 20.3 Å². The molecule has 1 aromatic heterocycles. The van der Waals surface area contributed by atoms with Crippen LogP contribution in [0.3, 0.4) is 0 Å². The molecule has 1 saturated heterocycles. The molecule has 9 rings (SSSR count).